The zero-order chi connectivity index (χ0) is 10.8. The summed E-state index contributed by atoms with van der Waals surface area (Å²) in [6.07, 6.45) is 0. The van der Waals surface area contributed by atoms with Crippen LogP contribution in [0.3, 0.4) is 0 Å². The van der Waals surface area contributed by atoms with E-state index in [1.54, 1.807) is 17.4 Å². The molecule has 2 rings (SSSR count). The molecule has 0 saturated carbocycles. The second-order valence-corrected chi connectivity index (χ2v) is 4.38. The maximum atomic E-state index is 9.73. The Morgan fingerprint density at radius 1 is 1.31 bits per heavy atom. The van der Waals surface area contributed by atoms with Gasteiger partial charge >= 0.3 is 0 Å². The number of halogens is 1. The molecule has 2 aromatic rings. The van der Waals surface area contributed by atoms with Gasteiger partial charge < -0.3 is 10.8 Å². The minimum atomic E-state index is -0.240. The van der Waals surface area contributed by atoms with E-state index in [1.807, 2.05) is 35.9 Å². The number of nitrogens with two attached hydrogens (primary N) is 1. The van der Waals surface area contributed by atoms with E-state index in [-0.39, 0.29) is 24.2 Å². The molecule has 3 N–H and O–H groups in total. The monoisotopic (exact) mass is 255 g/mol. The average molecular weight is 256 g/mol. The summed E-state index contributed by atoms with van der Waals surface area (Å²) in [5, 5.41) is 13.7. The molecule has 0 spiro atoms. The van der Waals surface area contributed by atoms with E-state index < -0.39 is 0 Å². The van der Waals surface area contributed by atoms with Gasteiger partial charge in [-0.25, -0.2) is 0 Å². The van der Waals surface area contributed by atoms with Crippen LogP contribution in [0, 0.1) is 6.92 Å². The van der Waals surface area contributed by atoms with Crippen LogP contribution in [0.4, 0.5) is 0 Å². The van der Waals surface area contributed by atoms with Crippen molar-refractivity contribution in [1.29, 1.82) is 0 Å². The van der Waals surface area contributed by atoms with E-state index in [9.17, 15) is 5.11 Å². The van der Waals surface area contributed by atoms with Crippen molar-refractivity contribution in [2.24, 2.45) is 5.73 Å². The SMILES string of the molecule is Cc1ccc(O)c([C@@H](N)c2ccsc2)c1.Cl. The number of rotatable bonds is 2. The maximum Gasteiger partial charge on any atom is 0.120 e. The van der Waals surface area contributed by atoms with Crippen LogP contribution in [-0.4, -0.2) is 5.11 Å². The highest BCUT2D eigenvalue weighted by atomic mass is 35.5. The summed E-state index contributed by atoms with van der Waals surface area (Å²) >= 11 is 1.61. The highest BCUT2D eigenvalue weighted by Gasteiger charge is 2.13. The first-order valence-corrected chi connectivity index (χ1v) is 5.70. The molecule has 1 aromatic carbocycles. The van der Waals surface area contributed by atoms with Crippen LogP contribution in [0.5, 0.6) is 5.75 Å². The Labute approximate surface area is 105 Å². The minimum absolute atomic E-state index is 0. The van der Waals surface area contributed by atoms with Crippen LogP contribution in [0.25, 0.3) is 0 Å². The molecule has 0 aliphatic rings. The molecule has 0 unspecified atom stereocenters. The molecule has 0 bridgehead atoms. The number of hydrogen-bond acceptors (Lipinski definition) is 3. The molecule has 1 atom stereocenters. The number of benzene rings is 1. The number of thiophene rings is 1. The summed E-state index contributed by atoms with van der Waals surface area (Å²) in [6, 6.07) is 7.24. The first kappa shape index (κ1) is 13.0. The number of aromatic hydroxyl groups is 1. The van der Waals surface area contributed by atoms with E-state index in [1.165, 1.54) is 0 Å². The number of phenolic OH excluding ortho intramolecular Hbond substituents is 1. The predicted octanol–water partition coefficient (Wildman–Crippen LogP) is 3.23. The predicted molar refractivity (Wildman–Crippen MR) is 70.4 cm³/mol. The molecule has 1 heterocycles. The van der Waals surface area contributed by atoms with E-state index >= 15 is 0 Å². The quantitative estimate of drug-likeness (QED) is 0.866. The van der Waals surface area contributed by atoms with Crippen LogP contribution < -0.4 is 5.73 Å². The highest BCUT2D eigenvalue weighted by molar-refractivity contribution is 7.08. The van der Waals surface area contributed by atoms with Gasteiger partial charge in [0, 0.05) is 5.56 Å². The van der Waals surface area contributed by atoms with Crippen LogP contribution in [-0.2, 0) is 0 Å². The van der Waals surface area contributed by atoms with Gasteiger partial charge in [0.2, 0.25) is 0 Å². The number of phenols is 1. The highest BCUT2D eigenvalue weighted by Crippen LogP contribution is 2.29. The maximum absolute atomic E-state index is 9.73. The summed E-state index contributed by atoms with van der Waals surface area (Å²) in [7, 11) is 0. The Balaban J connectivity index is 0.00000128. The van der Waals surface area contributed by atoms with E-state index in [4.69, 9.17) is 5.73 Å². The summed E-state index contributed by atoms with van der Waals surface area (Å²) < 4.78 is 0. The summed E-state index contributed by atoms with van der Waals surface area (Å²) in [4.78, 5) is 0. The molecule has 1 aromatic heterocycles. The Hall–Kier alpha value is -1.03. The fourth-order valence-corrected chi connectivity index (χ4v) is 2.25. The number of aryl methyl sites for hydroxylation is 1. The van der Waals surface area contributed by atoms with Crippen LogP contribution in [0.15, 0.2) is 35.0 Å². The molecule has 0 aliphatic carbocycles. The first-order valence-electron chi connectivity index (χ1n) is 4.75. The Morgan fingerprint density at radius 2 is 2.06 bits per heavy atom. The van der Waals surface area contributed by atoms with Gasteiger partial charge in [-0.1, -0.05) is 17.7 Å². The van der Waals surface area contributed by atoms with Crippen molar-refractivity contribution in [1.82, 2.24) is 0 Å². The lowest BCUT2D eigenvalue weighted by molar-refractivity contribution is 0.465. The molecule has 0 aliphatic heterocycles. The van der Waals surface area contributed by atoms with E-state index in [2.05, 4.69) is 0 Å². The zero-order valence-corrected chi connectivity index (χ0v) is 10.5. The van der Waals surface area contributed by atoms with Crippen molar-refractivity contribution >= 4 is 23.7 Å². The molecule has 86 valence electrons. The van der Waals surface area contributed by atoms with Crippen molar-refractivity contribution in [3.63, 3.8) is 0 Å². The second-order valence-electron chi connectivity index (χ2n) is 3.60. The third-order valence-corrected chi connectivity index (χ3v) is 3.12. The lowest BCUT2D eigenvalue weighted by atomic mass is 9.99. The Bertz CT molecular complexity index is 456. The van der Waals surface area contributed by atoms with Gasteiger partial charge in [0.15, 0.2) is 0 Å². The minimum Gasteiger partial charge on any atom is -0.508 e. The largest absolute Gasteiger partial charge is 0.508 e. The van der Waals surface area contributed by atoms with Crippen molar-refractivity contribution in [3.05, 3.63) is 51.7 Å². The van der Waals surface area contributed by atoms with Crippen molar-refractivity contribution in [3.8, 4) is 5.75 Å². The normalized spacial score (nSPS) is 11.9. The van der Waals surface area contributed by atoms with E-state index in [0.29, 0.717) is 0 Å². The molecule has 16 heavy (non-hydrogen) atoms. The molecule has 0 fully saturated rings. The van der Waals surface area contributed by atoms with Crippen LogP contribution in [0.1, 0.15) is 22.7 Å². The van der Waals surface area contributed by atoms with Crippen LogP contribution >= 0.6 is 23.7 Å². The molecule has 0 radical (unpaired) electrons. The van der Waals surface area contributed by atoms with Gasteiger partial charge in [-0.2, -0.15) is 11.3 Å². The first-order chi connectivity index (χ1) is 7.18. The fraction of sp³-hybridized carbons (Fsp3) is 0.167. The average Bonchev–Trinajstić information content (AvgIpc) is 2.74. The lowest BCUT2D eigenvalue weighted by Gasteiger charge is -2.13. The second kappa shape index (κ2) is 5.34. The molecule has 0 saturated heterocycles. The van der Waals surface area contributed by atoms with Gasteiger partial charge in [0.1, 0.15) is 5.75 Å². The van der Waals surface area contributed by atoms with Crippen molar-refractivity contribution in [2.75, 3.05) is 0 Å². The summed E-state index contributed by atoms with van der Waals surface area (Å²) in [5.41, 5.74) is 9.01. The van der Waals surface area contributed by atoms with Gasteiger partial charge in [-0.3, -0.25) is 0 Å². The van der Waals surface area contributed by atoms with E-state index in [0.717, 1.165) is 16.7 Å². The summed E-state index contributed by atoms with van der Waals surface area (Å²) in [5.74, 6) is 0.263. The third kappa shape index (κ3) is 2.55. The van der Waals surface area contributed by atoms with Gasteiger partial charge in [-0.15, -0.1) is 12.4 Å². The molecule has 0 amide bonds. The Morgan fingerprint density at radius 3 is 2.69 bits per heavy atom. The van der Waals surface area contributed by atoms with Crippen molar-refractivity contribution in [2.45, 2.75) is 13.0 Å². The fourth-order valence-electron chi connectivity index (χ4n) is 1.55. The van der Waals surface area contributed by atoms with Gasteiger partial charge in [0.25, 0.3) is 0 Å². The molecular weight excluding hydrogens is 242 g/mol. The standard InChI is InChI=1S/C12H13NOS.ClH/c1-8-2-3-11(14)10(6-8)12(13)9-4-5-15-7-9;/h2-7,12,14H,13H2,1H3;1H/t12-;/m0./s1. The number of hydrogen-bond donors (Lipinski definition) is 2. The lowest BCUT2D eigenvalue weighted by Crippen LogP contribution is -2.11. The molecular formula is C12H14ClNOS. The smallest absolute Gasteiger partial charge is 0.120 e. The zero-order valence-electron chi connectivity index (χ0n) is 8.88. The van der Waals surface area contributed by atoms with Gasteiger partial charge in [-0.05, 0) is 35.4 Å². The van der Waals surface area contributed by atoms with Crippen LogP contribution in [0.2, 0.25) is 0 Å². The molecule has 2 nitrogen and oxygen atoms in total. The summed E-state index contributed by atoms with van der Waals surface area (Å²) in [6.45, 7) is 1.99. The van der Waals surface area contributed by atoms with Gasteiger partial charge in [0.05, 0.1) is 6.04 Å². The molecule has 4 heteroatoms. The Kier molecular flexibility index (Phi) is 4.35. The van der Waals surface area contributed by atoms with Crippen molar-refractivity contribution < 1.29 is 5.11 Å². The topological polar surface area (TPSA) is 46.2 Å². The third-order valence-electron chi connectivity index (χ3n) is 2.42.